The maximum atomic E-state index is 12.2. The van der Waals surface area contributed by atoms with Crippen molar-refractivity contribution in [3.8, 4) is 5.75 Å². The van der Waals surface area contributed by atoms with Gasteiger partial charge in [-0.05, 0) is 44.9 Å². The normalized spacial score (nSPS) is 20.5. The minimum Gasteiger partial charge on any atom is -0.490 e. The predicted octanol–water partition coefficient (Wildman–Crippen LogP) is 3.17. The van der Waals surface area contributed by atoms with E-state index in [1.165, 1.54) is 0 Å². The number of anilines is 2. The molecule has 1 aromatic carbocycles. The highest BCUT2D eigenvalue weighted by Crippen LogP contribution is 2.34. The highest BCUT2D eigenvalue weighted by Gasteiger charge is 2.32. The quantitative estimate of drug-likeness (QED) is 0.881. The summed E-state index contributed by atoms with van der Waals surface area (Å²) in [6.45, 7) is 4.02. The summed E-state index contributed by atoms with van der Waals surface area (Å²) in [6.07, 6.45) is 4.18. The van der Waals surface area contributed by atoms with Crippen LogP contribution in [0.1, 0.15) is 39.5 Å². The van der Waals surface area contributed by atoms with Gasteiger partial charge in [0.05, 0.1) is 11.1 Å². The molecule has 1 fully saturated rings. The van der Waals surface area contributed by atoms with Crippen LogP contribution >= 0.6 is 0 Å². The Morgan fingerprint density at radius 3 is 2.77 bits per heavy atom. The molecule has 0 bridgehead atoms. The SMILES string of the molecule is CC1(C)COc2ccc(NC(=O)C3CCCC3)cc2NC1=O. The zero-order valence-corrected chi connectivity index (χ0v) is 13.1. The van der Waals surface area contributed by atoms with E-state index < -0.39 is 5.41 Å². The van der Waals surface area contributed by atoms with Crippen molar-refractivity contribution in [1.82, 2.24) is 0 Å². The van der Waals surface area contributed by atoms with Crippen molar-refractivity contribution >= 4 is 23.2 Å². The number of hydrogen-bond donors (Lipinski definition) is 2. The van der Waals surface area contributed by atoms with E-state index in [-0.39, 0.29) is 17.7 Å². The number of benzene rings is 1. The molecule has 2 amide bonds. The summed E-state index contributed by atoms with van der Waals surface area (Å²) in [5.74, 6) is 0.741. The molecule has 0 unspecified atom stereocenters. The first-order valence-corrected chi connectivity index (χ1v) is 7.85. The standard InChI is InChI=1S/C17H22N2O3/c1-17(2)10-22-14-8-7-12(9-13(14)19-16(17)21)18-15(20)11-5-3-4-6-11/h7-9,11H,3-6,10H2,1-2H3,(H,18,20)(H,19,21). The van der Waals surface area contributed by atoms with Crippen LogP contribution in [0.5, 0.6) is 5.75 Å². The summed E-state index contributed by atoms with van der Waals surface area (Å²) in [5.41, 5.74) is 0.728. The zero-order chi connectivity index (χ0) is 15.7. The molecule has 0 spiro atoms. The van der Waals surface area contributed by atoms with Crippen molar-refractivity contribution in [3.05, 3.63) is 18.2 Å². The number of fused-ring (bicyclic) bond motifs is 1. The molecular weight excluding hydrogens is 280 g/mol. The van der Waals surface area contributed by atoms with Crippen molar-refractivity contribution in [2.45, 2.75) is 39.5 Å². The lowest BCUT2D eigenvalue weighted by atomic mass is 9.94. The van der Waals surface area contributed by atoms with Crippen LogP contribution in [0, 0.1) is 11.3 Å². The summed E-state index contributed by atoms with van der Waals surface area (Å²) in [5, 5.41) is 5.82. The molecular formula is C17H22N2O3. The van der Waals surface area contributed by atoms with Gasteiger partial charge in [0.15, 0.2) is 0 Å². The van der Waals surface area contributed by atoms with Gasteiger partial charge in [-0.2, -0.15) is 0 Å². The molecule has 3 rings (SSSR count). The average molecular weight is 302 g/mol. The minimum atomic E-state index is -0.577. The van der Waals surface area contributed by atoms with E-state index in [4.69, 9.17) is 4.74 Å². The monoisotopic (exact) mass is 302 g/mol. The van der Waals surface area contributed by atoms with Crippen LogP contribution in [0.2, 0.25) is 0 Å². The third kappa shape index (κ3) is 2.93. The molecule has 2 aliphatic rings. The molecule has 2 N–H and O–H groups in total. The van der Waals surface area contributed by atoms with Gasteiger partial charge in [0, 0.05) is 11.6 Å². The van der Waals surface area contributed by atoms with Gasteiger partial charge >= 0.3 is 0 Å². The van der Waals surface area contributed by atoms with Crippen LogP contribution in [0.15, 0.2) is 18.2 Å². The fourth-order valence-electron chi connectivity index (χ4n) is 2.88. The maximum absolute atomic E-state index is 12.2. The van der Waals surface area contributed by atoms with Crippen molar-refractivity contribution in [3.63, 3.8) is 0 Å². The van der Waals surface area contributed by atoms with Gasteiger partial charge in [0.25, 0.3) is 0 Å². The third-order valence-electron chi connectivity index (χ3n) is 4.42. The van der Waals surface area contributed by atoms with Crippen LogP contribution in [0.4, 0.5) is 11.4 Å². The van der Waals surface area contributed by atoms with Crippen LogP contribution in [-0.4, -0.2) is 18.4 Å². The van der Waals surface area contributed by atoms with Gasteiger partial charge in [-0.15, -0.1) is 0 Å². The molecule has 1 saturated carbocycles. The molecule has 0 aromatic heterocycles. The Hall–Kier alpha value is -2.04. The summed E-state index contributed by atoms with van der Waals surface area (Å²) in [7, 11) is 0. The number of rotatable bonds is 2. The lowest BCUT2D eigenvalue weighted by molar-refractivity contribution is -0.125. The van der Waals surface area contributed by atoms with Crippen molar-refractivity contribution in [1.29, 1.82) is 0 Å². The first-order chi connectivity index (χ1) is 10.5. The highest BCUT2D eigenvalue weighted by atomic mass is 16.5. The molecule has 5 heteroatoms. The predicted molar refractivity (Wildman–Crippen MR) is 84.9 cm³/mol. The van der Waals surface area contributed by atoms with Gasteiger partial charge < -0.3 is 15.4 Å². The number of carbonyl (C=O) groups is 2. The molecule has 118 valence electrons. The molecule has 22 heavy (non-hydrogen) atoms. The van der Waals surface area contributed by atoms with Crippen LogP contribution in [-0.2, 0) is 9.59 Å². The lowest BCUT2D eigenvalue weighted by Crippen LogP contribution is -2.33. The maximum Gasteiger partial charge on any atom is 0.233 e. The van der Waals surface area contributed by atoms with Gasteiger partial charge in [-0.3, -0.25) is 9.59 Å². The van der Waals surface area contributed by atoms with Crippen molar-refractivity contribution < 1.29 is 14.3 Å². The van der Waals surface area contributed by atoms with E-state index >= 15 is 0 Å². The lowest BCUT2D eigenvalue weighted by Gasteiger charge is -2.18. The second-order valence-electron chi connectivity index (χ2n) is 6.81. The third-order valence-corrected chi connectivity index (χ3v) is 4.42. The Bertz CT molecular complexity index is 604. The van der Waals surface area contributed by atoms with Gasteiger partial charge in [-0.25, -0.2) is 0 Å². The topological polar surface area (TPSA) is 67.4 Å². The van der Waals surface area contributed by atoms with Gasteiger partial charge in [-0.1, -0.05) is 12.8 Å². The number of nitrogens with one attached hydrogen (secondary N) is 2. The molecule has 0 saturated heterocycles. The summed E-state index contributed by atoms with van der Waals surface area (Å²) in [4.78, 5) is 24.4. The first kappa shape index (κ1) is 14.9. The first-order valence-electron chi connectivity index (χ1n) is 7.85. The Labute approximate surface area is 130 Å². The number of carbonyl (C=O) groups excluding carboxylic acids is 2. The van der Waals surface area contributed by atoms with Crippen LogP contribution in [0.3, 0.4) is 0 Å². The molecule has 0 radical (unpaired) electrons. The molecule has 1 aliphatic heterocycles. The van der Waals surface area contributed by atoms with E-state index in [1.54, 1.807) is 12.1 Å². The van der Waals surface area contributed by atoms with Gasteiger partial charge in [0.1, 0.15) is 12.4 Å². The second-order valence-corrected chi connectivity index (χ2v) is 6.81. The molecule has 1 heterocycles. The molecule has 1 aromatic rings. The van der Waals surface area contributed by atoms with Crippen molar-refractivity contribution in [2.75, 3.05) is 17.2 Å². The Kier molecular flexibility index (Phi) is 3.81. The smallest absolute Gasteiger partial charge is 0.233 e. The molecule has 1 aliphatic carbocycles. The average Bonchev–Trinajstić information content (AvgIpc) is 2.97. The summed E-state index contributed by atoms with van der Waals surface area (Å²) >= 11 is 0. The van der Waals surface area contributed by atoms with E-state index in [0.717, 1.165) is 25.7 Å². The van der Waals surface area contributed by atoms with Crippen LogP contribution < -0.4 is 15.4 Å². The van der Waals surface area contributed by atoms with E-state index in [9.17, 15) is 9.59 Å². The van der Waals surface area contributed by atoms with Crippen molar-refractivity contribution in [2.24, 2.45) is 11.3 Å². The minimum absolute atomic E-state index is 0.0682. The number of amides is 2. The molecule has 5 nitrogen and oxygen atoms in total. The number of hydrogen-bond acceptors (Lipinski definition) is 3. The molecule has 0 atom stereocenters. The fraction of sp³-hybridized carbons (Fsp3) is 0.529. The van der Waals surface area contributed by atoms with E-state index in [2.05, 4.69) is 10.6 Å². The summed E-state index contributed by atoms with van der Waals surface area (Å²) < 4.78 is 5.70. The van der Waals surface area contributed by atoms with E-state index in [0.29, 0.717) is 23.7 Å². The largest absolute Gasteiger partial charge is 0.490 e. The summed E-state index contributed by atoms with van der Waals surface area (Å²) in [6, 6.07) is 5.37. The Balaban J connectivity index is 1.76. The second kappa shape index (κ2) is 5.63. The van der Waals surface area contributed by atoms with Crippen LogP contribution in [0.25, 0.3) is 0 Å². The Morgan fingerprint density at radius 2 is 2.05 bits per heavy atom. The zero-order valence-electron chi connectivity index (χ0n) is 13.1. The van der Waals surface area contributed by atoms with Gasteiger partial charge in [0.2, 0.25) is 11.8 Å². The Morgan fingerprint density at radius 1 is 1.32 bits per heavy atom. The van der Waals surface area contributed by atoms with E-state index in [1.807, 2.05) is 19.9 Å². The number of ether oxygens (including phenoxy) is 1. The highest BCUT2D eigenvalue weighted by molar-refractivity contribution is 5.99. The fourth-order valence-corrected chi connectivity index (χ4v) is 2.88.